The summed E-state index contributed by atoms with van der Waals surface area (Å²) in [7, 11) is 0. The van der Waals surface area contributed by atoms with Gasteiger partial charge in [0, 0.05) is 10.6 Å². The van der Waals surface area contributed by atoms with Crippen molar-refractivity contribution in [3.05, 3.63) is 82.4 Å². The van der Waals surface area contributed by atoms with E-state index < -0.39 is 23.5 Å². The van der Waals surface area contributed by atoms with Gasteiger partial charge in [0.1, 0.15) is 17.3 Å². The van der Waals surface area contributed by atoms with Crippen molar-refractivity contribution in [3.63, 3.8) is 0 Å². The summed E-state index contributed by atoms with van der Waals surface area (Å²) in [6.07, 6.45) is 3.06. The van der Waals surface area contributed by atoms with Crippen molar-refractivity contribution < 1.29 is 34.4 Å². The molecule has 9 heteroatoms. The van der Waals surface area contributed by atoms with Crippen LogP contribution in [0.15, 0.2) is 66.2 Å². The molecule has 0 aromatic heterocycles. The van der Waals surface area contributed by atoms with Gasteiger partial charge in [0.25, 0.3) is 11.7 Å². The Labute approximate surface area is 231 Å². The van der Waals surface area contributed by atoms with E-state index in [9.17, 15) is 24.9 Å². The molecule has 1 aliphatic heterocycles. The fourth-order valence-corrected chi connectivity index (χ4v) is 4.63. The molecule has 0 saturated carbocycles. The van der Waals surface area contributed by atoms with Crippen LogP contribution >= 0.6 is 11.6 Å². The summed E-state index contributed by atoms with van der Waals surface area (Å²) in [5.74, 6) is -1.95. The van der Waals surface area contributed by atoms with E-state index in [1.807, 2.05) is 0 Å². The fourth-order valence-electron chi connectivity index (χ4n) is 4.46. The minimum atomic E-state index is -1.15. The van der Waals surface area contributed by atoms with Crippen LogP contribution in [-0.2, 0) is 9.59 Å². The van der Waals surface area contributed by atoms with Gasteiger partial charge in [0.15, 0.2) is 11.5 Å². The normalized spacial score (nSPS) is 16.5. The van der Waals surface area contributed by atoms with Gasteiger partial charge in [-0.3, -0.25) is 14.5 Å². The van der Waals surface area contributed by atoms with E-state index in [1.165, 1.54) is 36.4 Å². The number of Topliss-reactive ketones (excluding diaryl/α,β-unsaturated/α-hetero) is 1. The summed E-state index contributed by atoms with van der Waals surface area (Å²) in [5, 5.41) is 32.4. The highest BCUT2D eigenvalue weighted by Crippen LogP contribution is 2.46. The third kappa shape index (κ3) is 5.81. The number of phenols is 2. The largest absolute Gasteiger partial charge is 0.507 e. The van der Waals surface area contributed by atoms with E-state index in [0.717, 1.165) is 24.2 Å². The summed E-state index contributed by atoms with van der Waals surface area (Å²) in [4.78, 5) is 27.9. The fraction of sp³-hybridized carbons (Fsp3) is 0.267. The molecule has 204 valence electrons. The van der Waals surface area contributed by atoms with Gasteiger partial charge in [-0.05, 0) is 73.5 Å². The molecule has 3 aromatic carbocycles. The molecular weight excluding hydrogens is 522 g/mol. The zero-order valence-corrected chi connectivity index (χ0v) is 22.4. The lowest BCUT2D eigenvalue weighted by atomic mass is 9.94. The third-order valence-electron chi connectivity index (χ3n) is 6.39. The third-order valence-corrected chi connectivity index (χ3v) is 6.62. The van der Waals surface area contributed by atoms with Crippen molar-refractivity contribution in [2.24, 2.45) is 0 Å². The zero-order valence-electron chi connectivity index (χ0n) is 21.7. The van der Waals surface area contributed by atoms with E-state index >= 15 is 0 Å². The molecule has 1 amide bonds. The summed E-state index contributed by atoms with van der Waals surface area (Å²) >= 11 is 6.16. The van der Waals surface area contributed by atoms with Crippen LogP contribution in [-0.4, -0.2) is 40.2 Å². The van der Waals surface area contributed by atoms with E-state index in [0.29, 0.717) is 23.5 Å². The second-order valence-electron chi connectivity index (χ2n) is 9.04. The molecule has 0 radical (unpaired) electrons. The summed E-state index contributed by atoms with van der Waals surface area (Å²) < 4.78 is 11.3. The Bertz CT molecular complexity index is 1400. The second kappa shape index (κ2) is 12.1. The number of aromatic hydroxyl groups is 2. The molecule has 8 nitrogen and oxygen atoms in total. The van der Waals surface area contributed by atoms with Crippen molar-refractivity contribution in [3.8, 4) is 23.0 Å². The number of anilines is 1. The number of phenolic OH excluding ortho intramolecular Hbond substituents is 2. The molecule has 1 fully saturated rings. The summed E-state index contributed by atoms with van der Waals surface area (Å²) in [5.41, 5.74) is 0.477. The maximum Gasteiger partial charge on any atom is 0.300 e. The number of rotatable bonds is 10. The number of ketones is 1. The molecule has 0 spiro atoms. The van der Waals surface area contributed by atoms with Crippen molar-refractivity contribution >= 4 is 34.7 Å². The minimum absolute atomic E-state index is 0.00416. The Hall–Kier alpha value is -4.17. The number of aliphatic hydroxyl groups excluding tert-OH is 1. The number of halogens is 1. The highest BCUT2D eigenvalue weighted by molar-refractivity contribution is 6.52. The van der Waals surface area contributed by atoms with Crippen molar-refractivity contribution in [1.82, 2.24) is 0 Å². The van der Waals surface area contributed by atoms with Gasteiger partial charge in [0.05, 0.1) is 30.5 Å². The molecule has 3 N–H and O–H groups in total. The van der Waals surface area contributed by atoms with Gasteiger partial charge in [-0.1, -0.05) is 37.4 Å². The van der Waals surface area contributed by atoms with Gasteiger partial charge in [-0.25, -0.2) is 0 Å². The highest BCUT2D eigenvalue weighted by atomic mass is 35.5. The second-order valence-corrected chi connectivity index (χ2v) is 9.48. The molecule has 1 heterocycles. The maximum atomic E-state index is 13.4. The van der Waals surface area contributed by atoms with Crippen molar-refractivity contribution in [2.45, 2.75) is 39.2 Å². The number of nitrogens with zero attached hydrogens (tertiary/aromatic N) is 1. The standard InChI is InChI=1S/C30H30ClNO7/c1-3-5-6-15-39-21-11-7-18(8-12-21)28(35)26-27(19-9-13-24(34)25(16-19)38-4-2)32(30(37)29(26)36)22-17-20(31)10-14-23(22)33/h7-14,16-17,27,33-35H,3-6,15H2,1-2H3/b28-26+. The number of carbonyl (C=O) groups is 2. The van der Waals surface area contributed by atoms with Gasteiger partial charge in [-0.2, -0.15) is 0 Å². The lowest BCUT2D eigenvalue weighted by Gasteiger charge is -2.26. The minimum Gasteiger partial charge on any atom is -0.507 e. The molecule has 3 aromatic rings. The first kappa shape index (κ1) is 27.9. The Balaban J connectivity index is 1.83. The number of unbranched alkanes of at least 4 members (excludes halogenated alkanes) is 2. The number of amides is 1. The van der Waals surface area contributed by atoms with Crippen LogP contribution in [0, 0.1) is 0 Å². The monoisotopic (exact) mass is 551 g/mol. The average Bonchev–Trinajstić information content (AvgIpc) is 3.19. The van der Waals surface area contributed by atoms with Crippen LogP contribution in [0.3, 0.4) is 0 Å². The number of aliphatic hydroxyl groups is 1. The molecule has 1 saturated heterocycles. The van der Waals surface area contributed by atoms with Crippen LogP contribution < -0.4 is 14.4 Å². The van der Waals surface area contributed by atoms with Crippen LogP contribution in [0.5, 0.6) is 23.0 Å². The molecule has 1 aliphatic rings. The lowest BCUT2D eigenvalue weighted by molar-refractivity contribution is -0.132. The maximum absolute atomic E-state index is 13.4. The number of ether oxygens (including phenoxy) is 2. The Kier molecular flexibility index (Phi) is 8.66. The SMILES string of the molecule is CCCCCOc1ccc(/C(O)=C2\C(=O)C(=O)N(c3cc(Cl)ccc3O)C2c2ccc(O)c(OCC)c2)cc1. The average molecular weight is 552 g/mol. The summed E-state index contributed by atoms with van der Waals surface area (Å²) in [6.45, 7) is 4.69. The van der Waals surface area contributed by atoms with Crippen LogP contribution in [0.2, 0.25) is 5.02 Å². The Morgan fingerprint density at radius 3 is 2.33 bits per heavy atom. The van der Waals surface area contributed by atoms with Gasteiger partial charge in [0.2, 0.25) is 0 Å². The first-order valence-electron chi connectivity index (χ1n) is 12.7. The highest BCUT2D eigenvalue weighted by Gasteiger charge is 2.48. The number of hydrogen-bond donors (Lipinski definition) is 3. The molecule has 39 heavy (non-hydrogen) atoms. The molecule has 1 unspecified atom stereocenters. The number of hydrogen-bond acceptors (Lipinski definition) is 7. The van der Waals surface area contributed by atoms with Crippen LogP contribution in [0.4, 0.5) is 5.69 Å². The predicted octanol–water partition coefficient (Wildman–Crippen LogP) is 6.35. The van der Waals surface area contributed by atoms with E-state index in [-0.39, 0.29) is 40.1 Å². The molecule has 0 bridgehead atoms. The first-order valence-corrected chi connectivity index (χ1v) is 13.1. The first-order chi connectivity index (χ1) is 18.8. The van der Waals surface area contributed by atoms with Crippen LogP contribution in [0.25, 0.3) is 5.76 Å². The van der Waals surface area contributed by atoms with Gasteiger partial charge in [-0.15, -0.1) is 0 Å². The summed E-state index contributed by atoms with van der Waals surface area (Å²) in [6, 6.07) is 13.9. The smallest absolute Gasteiger partial charge is 0.300 e. The topological polar surface area (TPSA) is 117 Å². The number of benzene rings is 3. The zero-order chi connectivity index (χ0) is 28.1. The van der Waals surface area contributed by atoms with Crippen molar-refractivity contribution in [1.29, 1.82) is 0 Å². The Morgan fingerprint density at radius 1 is 0.923 bits per heavy atom. The quantitative estimate of drug-likeness (QED) is 0.116. The van der Waals surface area contributed by atoms with Crippen LogP contribution in [0.1, 0.15) is 50.3 Å². The lowest BCUT2D eigenvalue weighted by Crippen LogP contribution is -2.29. The Morgan fingerprint density at radius 2 is 1.64 bits per heavy atom. The van der Waals surface area contributed by atoms with Gasteiger partial charge >= 0.3 is 0 Å². The molecule has 1 atom stereocenters. The predicted molar refractivity (Wildman–Crippen MR) is 149 cm³/mol. The molecule has 4 rings (SSSR count). The van der Waals surface area contributed by atoms with Gasteiger partial charge < -0.3 is 24.8 Å². The van der Waals surface area contributed by atoms with E-state index in [2.05, 4.69) is 6.92 Å². The molecule has 0 aliphatic carbocycles. The molecular formula is C30H30ClNO7. The van der Waals surface area contributed by atoms with E-state index in [1.54, 1.807) is 31.2 Å². The number of carbonyl (C=O) groups excluding carboxylic acids is 2. The van der Waals surface area contributed by atoms with Crippen molar-refractivity contribution in [2.75, 3.05) is 18.1 Å². The van der Waals surface area contributed by atoms with E-state index in [4.69, 9.17) is 21.1 Å².